The molecule has 168 valence electrons. The average Bonchev–Trinajstić information content (AvgIpc) is 3.30. The third kappa shape index (κ3) is 4.74. The van der Waals surface area contributed by atoms with Crippen molar-refractivity contribution in [3.8, 4) is 34.3 Å². The van der Waals surface area contributed by atoms with E-state index in [1.807, 2.05) is 0 Å². The molecule has 9 nitrogen and oxygen atoms in total. The van der Waals surface area contributed by atoms with Crippen molar-refractivity contribution in [3.05, 3.63) is 77.0 Å². The van der Waals surface area contributed by atoms with Crippen LogP contribution < -0.4 is 20.3 Å². The molecule has 0 saturated heterocycles. The zero-order valence-corrected chi connectivity index (χ0v) is 17.7. The van der Waals surface area contributed by atoms with Gasteiger partial charge in [0.1, 0.15) is 17.9 Å². The summed E-state index contributed by atoms with van der Waals surface area (Å²) in [6, 6.07) is 13.6. The minimum atomic E-state index is -0.478. The lowest BCUT2D eigenvalue weighted by molar-refractivity contribution is -0.116. The van der Waals surface area contributed by atoms with Crippen molar-refractivity contribution >= 4 is 11.6 Å². The van der Waals surface area contributed by atoms with Gasteiger partial charge in [0.05, 0.1) is 14.2 Å². The summed E-state index contributed by atoms with van der Waals surface area (Å²) < 4.78 is 30.0. The number of benzene rings is 2. The molecular weight excluding hydrogens is 431 g/mol. The van der Waals surface area contributed by atoms with E-state index < -0.39 is 11.5 Å². The van der Waals surface area contributed by atoms with Crippen molar-refractivity contribution in [2.75, 3.05) is 19.5 Å². The van der Waals surface area contributed by atoms with Gasteiger partial charge in [0.15, 0.2) is 11.5 Å². The van der Waals surface area contributed by atoms with Crippen LogP contribution in [0.4, 0.5) is 10.1 Å². The number of carbonyl (C=O) groups excluding carboxylic acids is 1. The fraction of sp³-hybridized carbons (Fsp3) is 0.130. The molecule has 1 amide bonds. The molecule has 2 aromatic carbocycles. The van der Waals surface area contributed by atoms with Crippen LogP contribution in [0.25, 0.3) is 22.8 Å². The second-order valence-electron chi connectivity index (χ2n) is 6.90. The van der Waals surface area contributed by atoms with Crippen LogP contribution in [0, 0.1) is 5.82 Å². The van der Waals surface area contributed by atoms with Crippen LogP contribution in [0.3, 0.4) is 0 Å². The number of hydrogen-bond acceptors (Lipinski definition) is 7. The van der Waals surface area contributed by atoms with E-state index in [2.05, 4.69) is 15.5 Å². The van der Waals surface area contributed by atoms with Crippen molar-refractivity contribution in [1.29, 1.82) is 0 Å². The van der Waals surface area contributed by atoms with Gasteiger partial charge in [0, 0.05) is 23.5 Å². The van der Waals surface area contributed by atoms with E-state index in [0.29, 0.717) is 22.7 Å². The first-order chi connectivity index (χ1) is 16.0. The Morgan fingerprint density at radius 2 is 1.85 bits per heavy atom. The molecule has 0 aliphatic carbocycles. The number of ether oxygens (including phenoxy) is 2. The van der Waals surface area contributed by atoms with E-state index in [1.54, 1.807) is 24.3 Å². The van der Waals surface area contributed by atoms with Gasteiger partial charge in [0.25, 0.3) is 11.4 Å². The normalized spacial score (nSPS) is 10.6. The molecule has 0 bridgehead atoms. The number of nitrogens with zero attached hydrogens (tertiary/aromatic N) is 3. The minimum absolute atomic E-state index is 0.00558. The summed E-state index contributed by atoms with van der Waals surface area (Å²) in [5, 5.41) is 6.57. The van der Waals surface area contributed by atoms with Crippen LogP contribution in [0.1, 0.15) is 0 Å². The van der Waals surface area contributed by atoms with Gasteiger partial charge in [-0.1, -0.05) is 5.16 Å². The molecule has 2 heterocycles. The maximum absolute atomic E-state index is 13.1. The largest absolute Gasteiger partial charge is 0.493 e. The predicted molar refractivity (Wildman–Crippen MR) is 118 cm³/mol. The summed E-state index contributed by atoms with van der Waals surface area (Å²) in [6.07, 6.45) is 1.48. The number of methoxy groups -OCH3 is 2. The Morgan fingerprint density at radius 1 is 1.09 bits per heavy atom. The van der Waals surface area contributed by atoms with Crippen molar-refractivity contribution in [2.24, 2.45) is 0 Å². The number of pyridine rings is 1. The third-order valence-electron chi connectivity index (χ3n) is 4.76. The molecule has 0 aliphatic heterocycles. The Labute approximate surface area is 187 Å². The Kier molecular flexibility index (Phi) is 6.16. The predicted octanol–water partition coefficient (Wildman–Crippen LogP) is 3.36. The quantitative estimate of drug-likeness (QED) is 0.460. The first-order valence-corrected chi connectivity index (χ1v) is 9.80. The fourth-order valence-electron chi connectivity index (χ4n) is 3.14. The number of hydrogen-bond donors (Lipinski definition) is 1. The molecule has 0 saturated carbocycles. The molecule has 4 rings (SSSR count). The highest BCUT2D eigenvalue weighted by molar-refractivity contribution is 5.91. The number of aromatic nitrogens is 3. The third-order valence-corrected chi connectivity index (χ3v) is 4.76. The van der Waals surface area contributed by atoms with Gasteiger partial charge in [-0.25, -0.2) is 4.39 Å². The highest BCUT2D eigenvalue weighted by atomic mass is 19.1. The van der Waals surface area contributed by atoms with Gasteiger partial charge < -0.3 is 23.9 Å². The Bertz CT molecular complexity index is 1350. The van der Waals surface area contributed by atoms with Gasteiger partial charge in [0.2, 0.25) is 11.7 Å². The smallest absolute Gasteiger partial charge is 0.263 e. The van der Waals surface area contributed by atoms with Crippen LogP contribution in [0.15, 0.2) is 70.1 Å². The molecular formula is C23H19FN4O5. The zero-order valence-electron chi connectivity index (χ0n) is 17.7. The topological polar surface area (TPSA) is 108 Å². The van der Waals surface area contributed by atoms with E-state index in [0.717, 1.165) is 0 Å². The first-order valence-electron chi connectivity index (χ1n) is 9.80. The molecule has 0 unspecified atom stereocenters. The summed E-state index contributed by atoms with van der Waals surface area (Å²) in [7, 11) is 3.01. The van der Waals surface area contributed by atoms with Crippen molar-refractivity contribution in [2.45, 2.75) is 6.54 Å². The van der Waals surface area contributed by atoms with Gasteiger partial charge in [-0.15, -0.1) is 0 Å². The van der Waals surface area contributed by atoms with Gasteiger partial charge in [-0.3, -0.25) is 9.59 Å². The first kappa shape index (κ1) is 21.8. The summed E-state index contributed by atoms with van der Waals surface area (Å²) >= 11 is 0. The van der Waals surface area contributed by atoms with Crippen LogP contribution >= 0.6 is 0 Å². The molecule has 0 aliphatic rings. The lowest BCUT2D eigenvalue weighted by Gasteiger charge is -2.11. The van der Waals surface area contributed by atoms with Crippen molar-refractivity contribution in [3.63, 3.8) is 0 Å². The summed E-state index contributed by atoms with van der Waals surface area (Å²) in [5.41, 5.74) is 0.686. The number of halogens is 1. The molecule has 2 aromatic heterocycles. The Hall–Kier alpha value is -4.47. The summed E-state index contributed by atoms with van der Waals surface area (Å²) in [5.74, 6) is 0.389. The molecule has 0 spiro atoms. The lowest BCUT2D eigenvalue weighted by atomic mass is 10.2. The van der Waals surface area contributed by atoms with Gasteiger partial charge >= 0.3 is 0 Å². The van der Waals surface area contributed by atoms with Crippen LogP contribution in [-0.4, -0.2) is 34.8 Å². The summed E-state index contributed by atoms with van der Waals surface area (Å²) in [4.78, 5) is 29.7. The lowest BCUT2D eigenvalue weighted by Crippen LogP contribution is -2.28. The number of amides is 1. The number of nitrogens with one attached hydrogen (secondary N) is 1. The highest BCUT2D eigenvalue weighted by Crippen LogP contribution is 2.29. The molecule has 33 heavy (non-hydrogen) atoms. The molecule has 4 aromatic rings. The fourth-order valence-corrected chi connectivity index (χ4v) is 3.14. The molecule has 0 atom stereocenters. The van der Waals surface area contributed by atoms with E-state index >= 15 is 0 Å². The van der Waals surface area contributed by atoms with Crippen molar-refractivity contribution < 1.29 is 23.2 Å². The highest BCUT2D eigenvalue weighted by Gasteiger charge is 2.16. The standard InChI is InChI=1S/C23H19FN4O5/c1-31-18-10-9-16(12-19(18)32-2)25-20(29)13-28-11-3-4-17(23(28)30)22-26-21(27-33-22)14-5-7-15(24)8-6-14/h3-12H,13H2,1-2H3,(H,25,29). The van der Waals surface area contributed by atoms with Gasteiger partial charge in [-0.05, 0) is 48.5 Å². The van der Waals surface area contributed by atoms with E-state index in [-0.39, 0.29) is 29.6 Å². The molecule has 10 heteroatoms. The summed E-state index contributed by atoms with van der Waals surface area (Å²) in [6.45, 7) is -0.236. The molecule has 0 radical (unpaired) electrons. The second-order valence-corrected chi connectivity index (χ2v) is 6.90. The number of carbonyl (C=O) groups is 1. The minimum Gasteiger partial charge on any atom is -0.493 e. The number of anilines is 1. The van der Waals surface area contributed by atoms with E-state index in [4.69, 9.17) is 14.0 Å². The maximum atomic E-state index is 13.1. The number of rotatable bonds is 7. The second kappa shape index (κ2) is 9.35. The average molecular weight is 450 g/mol. The Morgan fingerprint density at radius 3 is 2.58 bits per heavy atom. The van der Waals surface area contributed by atoms with E-state index in [1.165, 1.54) is 55.3 Å². The SMILES string of the molecule is COc1ccc(NC(=O)Cn2cccc(-c3nc(-c4ccc(F)cc4)no3)c2=O)cc1OC. The zero-order chi connectivity index (χ0) is 23.4. The molecule has 0 fully saturated rings. The van der Waals surface area contributed by atoms with Gasteiger partial charge in [-0.2, -0.15) is 4.98 Å². The van der Waals surface area contributed by atoms with Crippen molar-refractivity contribution in [1.82, 2.24) is 14.7 Å². The van der Waals surface area contributed by atoms with E-state index in [9.17, 15) is 14.0 Å². The monoisotopic (exact) mass is 450 g/mol. The maximum Gasteiger partial charge on any atom is 0.263 e. The van der Waals surface area contributed by atoms with Crippen LogP contribution in [-0.2, 0) is 11.3 Å². The van der Waals surface area contributed by atoms with Crippen LogP contribution in [0.5, 0.6) is 11.5 Å². The molecule has 1 N–H and O–H groups in total. The van der Waals surface area contributed by atoms with Crippen LogP contribution in [0.2, 0.25) is 0 Å². The Balaban J connectivity index is 1.52.